The van der Waals surface area contributed by atoms with Gasteiger partial charge in [-0.25, -0.2) is 0 Å². The second-order valence-corrected chi connectivity index (χ2v) is 4.75. The maximum atomic E-state index is 9.52. The third-order valence-electron chi connectivity index (χ3n) is 3.22. The Kier molecular flexibility index (Phi) is 4.22. The van der Waals surface area contributed by atoms with E-state index in [4.69, 9.17) is 4.74 Å². The first kappa shape index (κ1) is 13.6. The van der Waals surface area contributed by atoms with E-state index >= 15 is 0 Å². The van der Waals surface area contributed by atoms with Crippen LogP contribution < -0.4 is 4.74 Å². The van der Waals surface area contributed by atoms with Crippen LogP contribution in [-0.4, -0.2) is 21.5 Å². The summed E-state index contributed by atoms with van der Waals surface area (Å²) in [5.74, 6) is 0.867. The summed E-state index contributed by atoms with van der Waals surface area (Å²) in [6, 6.07) is 7.77. The van der Waals surface area contributed by atoms with Crippen molar-refractivity contribution in [3.63, 3.8) is 0 Å². The number of hydrogen-bond acceptors (Lipinski definition) is 3. The maximum absolute atomic E-state index is 9.52. The molecule has 0 aliphatic rings. The fourth-order valence-corrected chi connectivity index (χ4v) is 2.01. The molecule has 0 amide bonds. The molecule has 0 spiro atoms. The van der Waals surface area contributed by atoms with Gasteiger partial charge in [0.15, 0.2) is 0 Å². The highest BCUT2D eigenvalue weighted by Gasteiger charge is 2.05. The van der Waals surface area contributed by atoms with Crippen LogP contribution in [0.1, 0.15) is 29.8 Å². The van der Waals surface area contributed by atoms with Crippen LogP contribution in [0.3, 0.4) is 0 Å². The molecule has 2 rings (SSSR count). The summed E-state index contributed by atoms with van der Waals surface area (Å²) in [6.45, 7) is 4.37. The van der Waals surface area contributed by atoms with E-state index in [1.54, 1.807) is 13.1 Å². The van der Waals surface area contributed by atoms with Crippen molar-refractivity contribution in [2.24, 2.45) is 7.05 Å². The zero-order valence-electron chi connectivity index (χ0n) is 11.6. The highest BCUT2D eigenvalue weighted by Crippen LogP contribution is 2.22. The predicted octanol–water partition coefficient (Wildman–Crippen LogP) is 2.40. The van der Waals surface area contributed by atoms with E-state index < -0.39 is 6.10 Å². The smallest absolute Gasteiger partial charge is 0.122 e. The van der Waals surface area contributed by atoms with Crippen LogP contribution >= 0.6 is 0 Å². The molecular formula is C15H20N2O2. The Bertz CT molecular complexity index is 547. The van der Waals surface area contributed by atoms with Crippen LogP contribution in [0, 0.1) is 6.92 Å². The predicted molar refractivity (Wildman–Crippen MR) is 74.2 cm³/mol. The molecule has 1 N–H and O–H groups in total. The lowest BCUT2D eigenvalue weighted by Gasteiger charge is -2.12. The molecule has 0 radical (unpaired) electrons. The van der Waals surface area contributed by atoms with Crippen LogP contribution in [0.25, 0.3) is 0 Å². The van der Waals surface area contributed by atoms with Gasteiger partial charge in [-0.2, -0.15) is 5.10 Å². The van der Waals surface area contributed by atoms with Crippen molar-refractivity contribution in [2.45, 2.75) is 26.4 Å². The van der Waals surface area contributed by atoms with Crippen molar-refractivity contribution in [2.75, 3.05) is 6.61 Å². The number of benzene rings is 1. The van der Waals surface area contributed by atoms with Gasteiger partial charge in [0.2, 0.25) is 0 Å². The monoisotopic (exact) mass is 260 g/mol. The van der Waals surface area contributed by atoms with Gasteiger partial charge in [0.05, 0.1) is 12.7 Å². The zero-order chi connectivity index (χ0) is 13.8. The average Bonchev–Trinajstić information content (AvgIpc) is 2.77. The summed E-state index contributed by atoms with van der Waals surface area (Å²) in [5, 5.41) is 13.6. The largest absolute Gasteiger partial charge is 0.493 e. The fourth-order valence-electron chi connectivity index (χ4n) is 2.01. The number of rotatable bonds is 5. The lowest BCUT2D eigenvalue weighted by Crippen LogP contribution is -2.06. The highest BCUT2D eigenvalue weighted by atomic mass is 16.5. The molecule has 4 heteroatoms. The normalized spacial score (nSPS) is 12.4. The average molecular weight is 260 g/mol. The van der Waals surface area contributed by atoms with Crippen molar-refractivity contribution in [1.82, 2.24) is 9.78 Å². The summed E-state index contributed by atoms with van der Waals surface area (Å²) in [4.78, 5) is 0. The van der Waals surface area contributed by atoms with Crippen molar-refractivity contribution < 1.29 is 9.84 Å². The molecule has 0 unspecified atom stereocenters. The van der Waals surface area contributed by atoms with Crippen LogP contribution in [0.15, 0.2) is 30.5 Å². The lowest BCUT2D eigenvalue weighted by molar-refractivity contribution is 0.199. The molecule has 19 heavy (non-hydrogen) atoms. The van der Waals surface area contributed by atoms with Gasteiger partial charge < -0.3 is 9.84 Å². The molecule has 0 saturated heterocycles. The van der Waals surface area contributed by atoms with Gasteiger partial charge in [-0.3, -0.25) is 4.68 Å². The molecule has 1 aromatic carbocycles. The van der Waals surface area contributed by atoms with Crippen LogP contribution in [0.5, 0.6) is 5.75 Å². The first-order chi connectivity index (χ1) is 9.08. The van der Waals surface area contributed by atoms with Gasteiger partial charge in [-0.1, -0.05) is 6.07 Å². The topological polar surface area (TPSA) is 47.3 Å². The molecule has 4 nitrogen and oxygen atoms in total. The second-order valence-electron chi connectivity index (χ2n) is 4.75. The molecular weight excluding hydrogens is 240 g/mol. The van der Waals surface area contributed by atoms with Gasteiger partial charge in [0.1, 0.15) is 5.75 Å². The molecule has 102 valence electrons. The Morgan fingerprint density at radius 2 is 2.16 bits per heavy atom. The van der Waals surface area contributed by atoms with Crippen molar-refractivity contribution in [1.29, 1.82) is 0 Å². The fraction of sp³-hybridized carbons (Fsp3) is 0.400. The SMILES string of the molecule is Cc1cc([C@@H](C)O)ccc1OCCc1ccnn1C. The molecule has 1 heterocycles. The number of aliphatic hydroxyl groups excluding tert-OH is 1. The molecule has 0 fully saturated rings. The van der Waals surface area contributed by atoms with Crippen molar-refractivity contribution in [3.8, 4) is 5.75 Å². The summed E-state index contributed by atoms with van der Waals surface area (Å²) in [6.07, 6.45) is 2.17. The van der Waals surface area contributed by atoms with E-state index in [2.05, 4.69) is 5.10 Å². The van der Waals surface area contributed by atoms with Crippen molar-refractivity contribution in [3.05, 3.63) is 47.3 Å². The van der Waals surface area contributed by atoms with Gasteiger partial charge in [-0.05, 0) is 43.2 Å². The highest BCUT2D eigenvalue weighted by molar-refractivity contribution is 5.36. The minimum absolute atomic E-state index is 0.442. The molecule has 1 atom stereocenters. The first-order valence-corrected chi connectivity index (χ1v) is 6.46. The Morgan fingerprint density at radius 1 is 1.37 bits per heavy atom. The van der Waals surface area contributed by atoms with Gasteiger partial charge in [0.25, 0.3) is 0 Å². The lowest BCUT2D eigenvalue weighted by atomic mass is 10.1. The van der Waals surface area contributed by atoms with Gasteiger partial charge >= 0.3 is 0 Å². The minimum atomic E-state index is -0.442. The molecule has 0 aliphatic heterocycles. The Morgan fingerprint density at radius 3 is 2.74 bits per heavy atom. The molecule has 0 bridgehead atoms. The number of nitrogens with zero attached hydrogens (tertiary/aromatic N) is 2. The molecule has 2 aromatic rings. The third kappa shape index (κ3) is 3.35. The Hall–Kier alpha value is -1.81. The van der Waals surface area contributed by atoms with E-state index in [9.17, 15) is 5.11 Å². The Balaban J connectivity index is 1.95. The minimum Gasteiger partial charge on any atom is -0.493 e. The zero-order valence-corrected chi connectivity index (χ0v) is 11.6. The summed E-state index contributed by atoms with van der Waals surface area (Å²) in [7, 11) is 1.93. The summed E-state index contributed by atoms with van der Waals surface area (Å²) in [5.41, 5.74) is 3.11. The van der Waals surface area contributed by atoms with E-state index in [1.807, 2.05) is 42.9 Å². The number of aliphatic hydroxyl groups is 1. The van der Waals surface area contributed by atoms with Crippen molar-refractivity contribution >= 4 is 0 Å². The van der Waals surface area contributed by atoms with E-state index in [1.165, 1.54) is 0 Å². The first-order valence-electron chi connectivity index (χ1n) is 6.46. The summed E-state index contributed by atoms with van der Waals surface area (Å²) >= 11 is 0. The molecule has 0 aliphatic carbocycles. The number of ether oxygens (including phenoxy) is 1. The summed E-state index contributed by atoms with van der Waals surface area (Å²) < 4.78 is 7.63. The van der Waals surface area contributed by atoms with E-state index in [-0.39, 0.29) is 0 Å². The second kappa shape index (κ2) is 5.89. The van der Waals surface area contributed by atoms with Gasteiger partial charge in [-0.15, -0.1) is 0 Å². The van der Waals surface area contributed by atoms with Gasteiger partial charge in [0, 0.05) is 25.4 Å². The number of hydrogen-bond donors (Lipinski definition) is 1. The standard InChI is InChI=1S/C15H20N2O2/c1-11-10-13(12(2)18)4-5-15(11)19-9-7-14-6-8-16-17(14)3/h4-6,8,10,12,18H,7,9H2,1-3H3/t12-/m1/s1. The van der Waals surface area contributed by atoms with E-state index in [0.29, 0.717) is 6.61 Å². The third-order valence-corrected chi connectivity index (χ3v) is 3.22. The maximum Gasteiger partial charge on any atom is 0.122 e. The number of aryl methyl sites for hydroxylation is 2. The molecule has 0 saturated carbocycles. The van der Waals surface area contributed by atoms with Crippen LogP contribution in [0.4, 0.5) is 0 Å². The van der Waals surface area contributed by atoms with Crippen LogP contribution in [-0.2, 0) is 13.5 Å². The quantitative estimate of drug-likeness (QED) is 0.898. The Labute approximate surface area is 113 Å². The molecule has 1 aromatic heterocycles. The van der Waals surface area contributed by atoms with E-state index in [0.717, 1.165) is 29.0 Å². The number of aromatic nitrogens is 2. The van der Waals surface area contributed by atoms with Crippen LogP contribution in [0.2, 0.25) is 0 Å².